The van der Waals surface area contributed by atoms with Gasteiger partial charge in [-0.05, 0) is 11.1 Å². The van der Waals surface area contributed by atoms with E-state index < -0.39 is 6.04 Å². The van der Waals surface area contributed by atoms with E-state index in [1.165, 1.54) is 0 Å². The summed E-state index contributed by atoms with van der Waals surface area (Å²) in [6, 6.07) is 19.4. The summed E-state index contributed by atoms with van der Waals surface area (Å²) < 4.78 is 0. The monoisotopic (exact) mass is 351 g/mol. The minimum atomic E-state index is -0.446. The predicted molar refractivity (Wildman–Crippen MR) is 101 cm³/mol. The molecule has 1 fully saturated rings. The molecule has 0 bridgehead atoms. The molecule has 5 heteroatoms. The van der Waals surface area contributed by atoms with Gasteiger partial charge >= 0.3 is 0 Å². The van der Waals surface area contributed by atoms with E-state index in [1.807, 2.05) is 65.6 Å². The predicted octanol–water partition coefficient (Wildman–Crippen LogP) is 2.04. The van der Waals surface area contributed by atoms with Crippen LogP contribution >= 0.6 is 0 Å². The second kappa shape index (κ2) is 8.63. The fourth-order valence-corrected chi connectivity index (χ4v) is 3.19. The van der Waals surface area contributed by atoms with Gasteiger partial charge in [-0.2, -0.15) is 0 Å². The standard InChI is InChI=1S/C21H25N3O2/c1-23(15-17-8-4-2-5-9-17)20(25)14-19-21(26)24(13-12-22-19)16-18-10-6-3-7-11-18/h2-11,19,22H,12-16H2,1H3. The van der Waals surface area contributed by atoms with Gasteiger partial charge in [-0.3, -0.25) is 9.59 Å². The normalized spacial score (nSPS) is 17.2. The smallest absolute Gasteiger partial charge is 0.240 e. The van der Waals surface area contributed by atoms with Crippen LogP contribution in [-0.2, 0) is 22.7 Å². The van der Waals surface area contributed by atoms with Crippen molar-refractivity contribution < 1.29 is 9.59 Å². The molecule has 3 rings (SSSR count). The topological polar surface area (TPSA) is 52.7 Å². The van der Waals surface area contributed by atoms with Crippen LogP contribution in [0, 0.1) is 0 Å². The van der Waals surface area contributed by atoms with Gasteiger partial charge < -0.3 is 15.1 Å². The second-order valence-electron chi connectivity index (χ2n) is 6.69. The number of rotatable bonds is 6. The fraction of sp³-hybridized carbons (Fsp3) is 0.333. The molecular formula is C21H25N3O2. The Morgan fingerprint density at radius 3 is 2.35 bits per heavy atom. The Balaban J connectivity index is 1.56. The van der Waals surface area contributed by atoms with Crippen LogP contribution in [0.5, 0.6) is 0 Å². The highest BCUT2D eigenvalue weighted by Crippen LogP contribution is 2.12. The fourth-order valence-electron chi connectivity index (χ4n) is 3.19. The molecule has 1 atom stereocenters. The van der Waals surface area contributed by atoms with Gasteiger partial charge in [0, 0.05) is 33.2 Å². The van der Waals surface area contributed by atoms with Gasteiger partial charge in [-0.25, -0.2) is 0 Å². The third-order valence-corrected chi connectivity index (χ3v) is 4.67. The number of nitrogens with one attached hydrogen (secondary N) is 1. The van der Waals surface area contributed by atoms with Crippen LogP contribution in [0.15, 0.2) is 60.7 Å². The SMILES string of the molecule is CN(Cc1ccccc1)C(=O)CC1NCCN(Cc2ccccc2)C1=O. The maximum Gasteiger partial charge on any atom is 0.240 e. The Bertz CT molecular complexity index is 733. The highest BCUT2D eigenvalue weighted by molar-refractivity contribution is 5.88. The number of benzene rings is 2. The van der Waals surface area contributed by atoms with Crippen molar-refractivity contribution in [2.24, 2.45) is 0 Å². The lowest BCUT2D eigenvalue weighted by molar-refractivity contribution is -0.141. The number of hydrogen-bond donors (Lipinski definition) is 1. The first-order valence-electron chi connectivity index (χ1n) is 8.97. The summed E-state index contributed by atoms with van der Waals surface area (Å²) in [6.45, 7) is 2.51. The van der Waals surface area contributed by atoms with E-state index in [1.54, 1.807) is 11.9 Å². The van der Waals surface area contributed by atoms with Crippen LogP contribution in [0.2, 0.25) is 0 Å². The molecular weight excluding hydrogens is 326 g/mol. The van der Waals surface area contributed by atoms with E-state index >= 15 is 0 Å². The molecule has 1 N–H and O–H groups in total. The van der Waals surface area contributed by atoms with E-state index in [0.29, 0.717) is 26.2 Å². The molecule has 0 aliphatic carbocycles. The quantitative estimate of drug-likeness (QED) is 0.866. The van der Waals surface area contributed by atoms with Crippen LogP contribution < -0.4 is 5.32 Å². The average Bonchev–Trinajstić information content (AvgIpc) is 2.66. The van der Waals surface area contributed by atoms with Crippen LogP contribution in [0.4, 0.5) is 0 Å². The number of hydrogen-bond acceptors (Lipinski definition) is 3. The zero-order chi connectivity index (χ0) is 18.4. The lowest BCUT2D eigenvalue weighted by Crippen LogP contribution is -2.55. The highest BCUT2D eigenvalue weighted by atomic mass is 16.2. The molecule has 1 aliphatic heterocycles. The largest absolute Gasteiger partial charge is 0.341 e. The molecule has 2 aromatic rings. The first-order chi connectivity index (χ1) is 12.6. The molecule has 0 aromatic heterocycles. The Morgan fingerprint density at radius 2 is 1.69 bits per heavy atom. The summed E-state index contributed by atoms with van der Waals surface area (Å²) in [5.74, 6) is -0.0252. The van der Waals surface area contributed by atoms with E-state index in [4.69, 9.17) is 0 Å². The number of carbonyl (C=O) groups excluding carboxylic acids is 2. The van der Waals surface area contributed by atoms with Gasteiger partial charge in [-0.15, -0.1) is 0 Å². The summed E-state index contributed by atoms with van der Waals surface area (Å²) in [5, 5.41) is 3.20. The molecule has 1 saturated heterocycles. The molecule has 0 radical (unpaired) electrons. The number of nitrogens with zero attached hydrogens (tertiary/aromatic N) is 2. The summed E-state index contributed by atoms with van der Waals surface area (Å²) in [6.07, 6.45) is 0.188. The Kier molecular flexibility index (Phi) is 6.02. The van der Waals surface area contributed by atoms with E-state index in [-0.39, 0.29) is 18.2 Å². The zero-order valence-electron chi connectivity index (χ0n) is 15.1. The van der Waals surface area contributed by atoms with Gasteiger partial charge in [0.2, 0.25) is 11.8 Å². The van der Waals surface area contributed by atoms with Crippen molar-refractivity contribution in [3.05, 3.63) is 71.8 Å². The molecule has 0 spiro atoms. The van der Waals surface area contributed by atoms with Gasteiger partial charge in [0.05, 0.1) is 12.5 Å². The second-order valence-corrected chi connectivity index (χ2v) is 6.69. The molecule has 26 heavy (non-hydrogen) atoms. The highest BCUT2D eigenvalue weighted by Gasteiger charge is 2.30. The van der Waals surface area contributed by atoms with E-state index in [9.17, 15) is 9.59 Å². The third kappa shape index (κ3) is 4.70. The van der Waals surface area contributed by atoms with Crippen molar-refractivity contribution in [1.82, 2.24) is 15.1 Å². The van der Waals surface area contributed by atoms with Crippen LogP contribution in [-0.4, -0.2) is 47.8 Å². The molecule has 136 valence electrons. The number of piperazine rings is 1. The Hall–Kier alpha value is -2.66. The molecule has 2 aromatic carbocycles. The van der Waals surface area contributed by atoms with E-state index in [2.05, 4.69) is 5.32 Å². The first kappa shape index (κ1) is 18.1. The minimum absolute atomic E-state index is 0.00145. The van der Waals surface area contributed by atoms with Crippen molar-refractivity contribution in [3.63, 3.8) is 0 Å². The van der Waals surface area contributed by atoms with Gasteiger partial charge in [0.25, 0.3) is 0 Å². The summed E-state index contributed by atoms with van der Waals surface area (Å²) in [4.78, 5) is 28.8. The molecule has 1 unspecified atom stereocenters. The van der Waals surface area contributed by atoms with Crippen molar-refractivity contribution in [2.75, 3.05) is 20.1 Å². The van der Waals surface area contributed by atoms with Crippen LogP contribution in [0.25, 0.3) is 0 Å². The summed E-state index contributed by atoms with van der Waals surface area (Å²) >= 11 is 0. The molecule has 5 nitrogen and oxygen atoms in total. The first-order valence-corrected chi connectivity index (χ1v) is 8.97. The summed E-state index contributed by atoms with van der Waals surface area (Å²) in [7, 11) is 1.78. The average molecular weight is 351 g/mol. The van der Waals surface area contributed by atoms with Crippen LogP contribution in [0.3, 0.4) is 0 Å². The van der Waals surface area contributed by atoms with E-state index in [0.717, 1.165) is 11.1 Å². The minimum Gasteiger partial charge on any atom is -0.341 e. The van der Waals surface area contributed by atoms with Gasteiger partial charge in [0.15, 0.2) is 0 Å². The lowest BCUT2D eigenvalue weighted by Gasteiger charge is -2.33. The van der Waals surface area contributed by atoms with Crippen molar-refractivity contribution in [1.29, 1.82) is 0 Å². The van der Waals surface area contributed by atoms with Crippen LogP contribution in [0.1, 0.15) is 17.5 Å². The zero-order valence-corrected chi connectivity index (χ0v) is 15.1. The lowest BCUT2D eigenvalue weighted by atomic mass is 10.1. The van der Waals surface area contributed by atoms with Crippen molar-refractivity contribution in [2.45, 2.75) is 25.6 Å². The Morgan fingerprint density at radius 1 is 1.08 bits per heavy atom. The molecule has 0 saturated carbocycles. The Labute approximate surface area is 154 Å². The molecule has 2 amide bonds. The summed E-state index contributed by atoms with van der Waals surface area (Å²) in [5.41, 5.74) is 2.19. The number of carbonyl (C=O) groups is 2. The molecule has 1 aliphatic rings. The van der Waals surface area contributed by atoms with Crippen molar-refractivity contribution >= 4 is 11.8 Å². The number of amides is 2. The molecule has 1 heterocycles. The third-order valence-electron chi connectivity index (χ3n) is 4.67. The maximum absolute atomic E-state index is 12.7. The van der Waals surface area contributed by atoms with Gasteiger partial charge in [-0.1, -0.05) is 60.7 Å². The van der Waals surface area contributed by atoms with Crippen molar-refractivity contribution in [3.8, 4) is 0 Å². The van der Waals surface area contributed by atoms with Gasteiger partial charge in [0.1, 0.15) is 0 Å². The maximum atomic E-state index is 12.7.